The van der Waals surface area contributed by atoms with E-state index in [0.717, 1.165) is 17.5 Å². The van der Waals surface area contributed by atoms with Crippen molar-refractivity contribution in [2.45, 2.75) is 25.8 Å². The molecule has 12 heteroatoms. The van der Waals surface area contributed by atoms with Gasteiger partial charge < -0.3 is 9.80 Å². The first-order chi connectivity index (χ1) is 17.2. The minimum atomic E-state index is -3.63. The van der Waals surface area contributed by atoms with Crippen molar-refractivity contribution in [2.24, 2.45) is 5.92 Å². The molecular formula is C24H26FN7O3S. The van der Waals surface area contributed by atoms with Crippen LogP contribution in [0.25, 0.3) is 11.5 Å². The molecule has 0 aliphatic carbocycles. The molecule has 5 heterocycles. The second-order valence-electron chi connectivity index (χ2n) is 9.11. The SMILES string of the molecule is CC1c2cnc(-c3ccccn3)nc2CCN1c1cc(N2CCC(C(=O)NS(C)(=O)=O)C2)cc(F)n1. The summed E-state index contributed by atoms with van der Waals surface area (Å²) >= 11 is 0. The van der Waals surface area contributed by atoms with Gasteiger partial charge in [0.25, 0.3) is 0 Å². The van der Waals surface area contributed by atoms with Gasteiger partial charge in [0.15, 0.2) is 5.82 Å². The lowest BCUT2D eigenvalue weighted by atomic mass is 9.99. The average Bonchev–Trinajstić information content (AvgIpc) is 3.34. The van der Waals surface area contributed by atoms with Crippen molar-refractivity contribution >= 4 is 27.4 Å². The lowest BCUT2D eigenvalue weighted by Gasteiger charge is -2.36. The normalized spacial score (nSPS) is 19.8. The first kappa shape index (κ1) is 24.0. The molecule has 3 aromatic heterocycles. The van der Waals surface area contributed by atoms with Gasteiger partial charge in [-0.1, -0.05) is 6.07 Å². The molecular weight excluding hydrogens is 485 g/mol. The van der Waals surface area contributed by atoms with E-state index in [4.69, 9.17) is 4.98 Å². The highest BCUT2D eigenvalue weighted by atomic mass is 32.2. The number of amides is 1. The Kier molecular flexibility index (Phi) is 6.29. The summed E-state index contributed by atoms with van der Waals surface area (Å²) in [5.41, 5.74) is 3.20. The number of nitrogens with one attached hydrogen (secondary N) is 1. The molecule has 2 aliphatic heterocycles. The Morgan fingerprint density at radius 2 is 2.00 bits per heavy atom. The van der Waals surface area contributed by atoms with Crippen molar-refractivity contribution in [3.8, 4) is 11.5 Å². The monoisotopic (exact) mass is 511 g/mol. The van der Waals surface area contributed by atoms with Gasteiger partial charge >= 0.3 is 0 Å². The van der Waals surface area contributed by atoms with Gasteiger partial charge in [0, 0.05) is 61.8 Å². The Bertz CT molecular complexity index is 1400. The van der Waals surface area contributed by atoms with Crippen molar-refractivity contribution in [1.82, 2.24) is 24.7 Å². The van der Waals surface area contributed by atoms with Gasteiger partial charge in [0.2, 0.25) is 21.9 Å². The molecule has 0 saturated carbocycles. The molecule has 10 nitrogen and oxygen atoms in total. The van der Waals surface area contributed by atoms with Crippen LogP contribution in [0.15, 0.2) is 42.7 Å². The Morgan fingerprint density at radius 1 is 1.17 bits per heavy atom. The maximum atomic E-state index is 14.6. The van der Waals surface area contributed by atoms with E-state index in [-0.39, 0.29) is 6.04 Å². The van der Waals surface area contributed by atoms with Crippen LogP contribution in [0.3, 0.4) is 0 Å². The molecule has 36 heavy (non-hydrogen) atoms. The van der Waals surface area contributed by atoms with Crippen molar-refractivity contribution < 1.29 is 17.6 Å². The third-order valence-electron chi connectivity index (χ3n) is 6.57. The van der Waals surface area contributed by atoms with Crippen molar-refractivity contribution in [2.75, 3.05) is 35.7 Å². The maximum absolute atomic E-state index is 14.6. The van der Waals surface area contributed by atoms with Crippen LogP contribution < -0.4 is 14.5 Å². The van der Waals surface area contributed by atoms with E-state index in [2.05, 4.69) is 15.0 Å². The fourth-order valence-corrected chi connectivity index (χ4v) is 5.30. The number of anilines is 2. The molecule has 0 radical (unpaired) electrons. The zero-order valence-electron chi connectivity index (χ0n) is 19.9. The van der Waals surface area contributed by atoms with Gasteiger partial charge in [-0.25, -0.2) is 23.4 Å². The minimum absolute atomic E-state index is 0.124. The number of nitrogens with zero attached hydrogens (tertiary/aromatic N) is 6. The van der Waals surface area contributed by atoms with Gasteiger partial charge in [0.05, 0.1) is 23.9 Å². The number of rotatable bonds is 5. The highest BCUT2D eigenvalue weighted by Gasteiger charge is 2.32. The summed E-state index contributed by atoms with van der Waals surface area (Å²) in [5, 5.41) is 0. The quantitative estimate of drug-likeness (QED) is 0.513. The van der Waals surface area contributed by atoms with Gasteiger partial charge in [0.1, 0.15) is 11.5 Å². The van der Waals surface area contributed by atoms with Gasteiger partial charge in [-0.15, -0.1) is 0 Å². The molecule has 1 N–H and O–H groups in total. The van der Waals surface area contributed by atoms with Crippen LogP contribution in [0.5, 0.6) is 0 Å². The van der Waals surface area contributed by atoms with Crippen LogP contribution in [0.2, 0.25) is 0 Å². The number of carbonyl (C=O) groups excluding carboxylic acids is 1. The molecule has 2 atom stereocenters. The van der Waals surface area contributed by atoms with E-state index in [9.17, 15) is 17.6 Å². The summed E-state index contributed by atoms with van der Waals surface area (Å²) < 4.78 is 39.5. The Labute approximate surface area is 208 Å². The van der Waals surface area contributed by atoms with Crippen LogP contribution in [0, 0.1) is 11.9 Å². The molecule has 0 bridgehead atoms. The maximum Gasteiger partial charge on any atom is 0.238 e. The molecule has 0 spiro atoms. The first-order valence-electron chi connectivity index (χ1n) is 11.7. The highest BCUT2D eigenvalue weighted by molar-refractivity contribution is 7.89. The third-order valence-corrected chi connectivity index (χ3v) is 7.14. The summed E-state index contributed by atoms with van der Waals surface area (Å²) in [4.78, 5) is 33.9. The summed E-state index contributed by atoms with van der Waals surface area (Å²) in [5.74, 6) is -0.594. The number of carbonyl (C=O) groups is 1. The van der Waals surface area contributed by atoms with Gasteiger partial charge in [-0.2, -0.15) is 4.39 Å². The minimum Gasteiger partial charge on any atom is -0.370 e. The predicted octanol–water partition coefficient (Wildman–Crippen LogP) is 2.10. The van der Waals surface area contributed by atoms with Gasteiger partial charge in [-0.3, -0.25) is 14.5 Å². The zero-order chi connectivity index (χ0) is 25.4. The topological polar surface area (TPSA) is 121 Å². The molecule has 1 amide bonds. The van der Waals surface area contributed by atoms with Crippen LogP contribution >= 0.6 is 0 Å². The number of pyridine rings is 2. The number of halogens is 1. The molecule has 3 aromatic rings. The number of hydrogen-bond acceptors (Lipinski definition) is 9. The van der Waals surface area contributed by atoms with Crippen LogP contribution in [0.1, 0.15) is 30.6 Å². The molecule has 188 valence electrons. The van der Waals surface area contributed by atoms with E-state index in [1.54, 1.807) is 12.4 Å². The summed E-state index contributed by atoms with van der Waals surface area (Å²) in [6.07, 6.45) is 5.58. The first-order valence-corrected chi connectivity index (χ1v) is 13.5. The van der Waals surface area contributed by atoms with Gasteiger partial charge in [-0.05, 0) is 25.5 Å². The summed E-state index contributed by atoms with van der Waals surface area (Å²) in [6.45, 7) is 3.41. The van der Waals surface area contributed by atoms with Crippen LogP contribution in [-0.4, -0.2) is 60.2 Å². The highest BCUT2D eigenvalue weighted by Crippen LogP contribution is 2.35. The van der Waals surface area contributed by atoms with Crippen LogP contribution in [-0.2, 0) is 21.2 Å². The standard InChI is InChI=1S/C24H26FN7O3S/c1-15-18-13-27-23(20-5-3-4-8-26-20)28-19(18)7-10-32(15)22-12-17(11-21(25)29-22)31-9-6-16(14-31)24(33)30-36(2,34)35/h3-5,8,11-13,15-16H,6-7,9-10,14H2,1-2H3,(H,30,33). The van der Waals surface area contributed by atoms with Crippen molar-refractivity contribution in [1.29, 1.82) is 0 Å². The number of hydrogen-bond donors (Lipinski definition) is 1. The Morgan fingerprint density at radius 3 is 2.75 bits per heavy atom. The molecule has 1 fully saturated rings. The molecule has 0 aromatic carbocycles. The zero-order valence-corrected chi connectivity index (χ0v) is 20.7. The fourth-order valence-electron chi connectivity index (χ4n) is 4.77. The average molecular weight is 512 g/mol. The van der Waals surface area contributed by atoms with E-state index >= 15 is 0 Å². The fraction of sp³-hybridized carbons (Fsp3) is 0.375. The van der Waals surface area contributed by atoms with E-state index < -0.39 is 27.8 Å². The number of sulfonamides is 1. The Hall–Kier alpha value is -3.67. The molecule has 2 unspecified atom stereocenters. The summed E-state index contributed by atoms with van der Waals surface area (Å²) in [6, 6.07) is 8.63. The summed E-state index contributed by atoms with van der Waals surface area (Å²) in [7, 11) is -3.63. The molecule has 2 aliphatic rings. The second kappa shape index (κ2) is 9.41. The second-order valence-corrected chi connectivity index (χ2v) is 10.9. The van der Waals surface area contributed by atoms with E-state index in [1.807, 2.05) is 45.7 Å². The Balaban J connectivity index is 1.35. The lowest BCUT2D eigenvalue weighted by Crippen LogP contribution is -2.36. The smallest absolute Gasteiger partial charge is 0.238 e. The number of aromatic nitrogens is 4. The molecule has 5 rings (SSSR count). The van der Waals surface area contributed by atoms with E-state index in [1.165, 1.54) is 6.07 Å². The van der Waals surface area contributed by atoms with E-state index in [0.29, 0.717) is 55.5 Å². The van der Waals surface area contributed by atoms with Crippen molar-refractivity contribution in [3.05, 3.63) is 59.9 Å². The van der Waals surface area contributed by atoms with Crippen LogP contribution in [0.4, 0.5) is 15.9 Å². The van der Waals surface area contributed by atoms with Crippen molar-refractivity contribution in [3.63, 3.8) is 0 Å². The largest absolute Gasteiger partial charge is 0.370 e. The molecule has 1 saturated heterocycles. The lowest BCUT2D eigenvalue weighted by molar-refractivity contribution is -0.122. The predicted molar refractivity (Wildman–Crippen MR) is 132 cm³/mol. The number of fused-ring (bicyclic) bond motifs is 1. The third kappa shape index (κ3) is 4.99.